The Morgan fingerprint density at radius 2 is 2.11 bits per heavy atom. The van der Waals surface area contributed by atoms with Gasteiger partial charge in [-0.15, -0.1) is 11.3 Å². The summed E-state index contributed by atoms with van der Waals surface area (Å²) in [7, 11) is 1.91. The number of anilines is 1. The standard InChI is InChI=1S/C14H15NO3S/c1-9-10(6-13(19-9)14(17)18)8-15(2)11-4-3-5-12(16)7-11/h3-7,16H,8H2,1-2H3,(H,17,18). The van der Waals surface area contributed by atoms with E-state index in [1.165, 1.54) is 11.3 Å². The van der Waals surface area contributed by atoms with Crippen molar-refractivity contribution < 1.29 is 15.0 Å². The van der Waals surface area contributed by atoms with Crippen molar-refractivity contribution in [2.45, 2.75) is 13.5 Å². The van der Waals surface area contributed by atoms with Gasteiger partial charge in [-0.2, -0.15) is 0 Å². The molecule has 0 aliphatic carbocycles. The van der Waals surface area contributed by atoms with Crippen LogP contribution in [0.2, 0.25) is 0 Å². The molecule has 4 nitrogen and oxygen atoms in total. The number of carbonyl (C=O) groups is 1. The summed E-state index contributed by atoms with van der Waals surface area (Å²) >= 11 is 1.29. The Labute approximate surface area is 115 Å². The molecule has 0 fully saturated rings. The molecule has 0 aliphatic rings. The number of hydrogen-bond donors (Lipinski definition) is 2. The summed E-state index contributed by atoms with van der Waals surface area (Å²) in [6.07, 6.45) is 0. The van der Waals surface area contributed by atoms with Crippen LogP contribution in [0.5, 0.6) is 5.75 Å². The lowest BCUT2D eigenvalue weighted by atomic mass is 10.2. The molecule has 1 aromatic carbocycles. The first kappa shape index (κ1) is 13.4. The van der Waals surface area contributed by atoms with E-state index in [0.29, 0.717) is 11.4 Å². The van der Waals surface area contributed by atoms with Gasteiger partial charge in [0, 0.05) is 30.2 Å². The number of carboxylic acids is 1. The quantitative estimate of drug-likeness (QED) is 0.901. The highest BCUT2D eigenvalue weighted by atomic mass is 32.1. The predicted molar refractivity (Wildman–Crippen MR) is 76.2 cm³/mol. The van der Waals surface area contributed by atoms with Crippen LogP contribution in [0.3, 0.4) is 0 Å². The fourth-order valence-corrected chi connectivity index (χ4v) is 2.73. The molecular weight excluding hydrogens is 262 g/mol. The van der Waals surface area contributed by atoms with Gasteiger partial charge in [0.25, 0.3) is 0 Å². The van der Waals surface area contributed by atoms with E-state index in [4.69, 9.17) is 5.11 Å². The Kier molecular flexibility index (Phi) is 3.76. The maximum atomic E-state index is 10.9. The SMILES string of the molecule is Cc1sc(C(=O)O)cc1CN(C)c1cccc(O)c1. The molecule has 0 saturated carbocycles. The van der Waals surface area contributed by atoms with Crippen molar-refractivity contribution in [3.8, 4) is 5.75 Å². The highest BCUT2D eigenvalue weighted by Gasteiger charge is 2.12. The van der Waals surface area contributed by atoms with Crippen molar-refractivity contribution in [1.82, 2.24) is 0 Å². The van der Waals surface area contributed by atoms with Crippen molar-refractivity contribution in [2.24, 2.45) is 0 Å². The van der Waals surface area contributed by atoms with Crippen LogP contribution in [0, 0.1) is 6.92 Å². The highest BCUT2D eigenvalue weighted by Crippen LogP contribution is 2.25. The number of nitrogens with zero attached hydrogens (tertiary/aromatic N) is 1. The van der Waals surface area contributed by atoms with Crippen LogP contribution in [0.25, 0.3) is 0 Å². The number of phenolic OH excluding ortho intramolecular Hbond substituents is 1. The zero-order chi connectivity index (χ0) is 14.0. The highest BCUT2D eigenvalue weighted by molar-refractivity contribution is 7.14. The maximum absolute atomic E-state index is 10.9. The number of thiophene rings is 1. The van der Waals surface area contributed by atoms with E-state index in [0.717, 1.165) is 16.1 Å². The van der Waals surface area contributed by atoms with Crippen LogP contribution in [0.15, 0.2) is 30.3 Å². The van der Waals surface area contributed by atoms with Gasteiger partial charge < -0.3 is 15.1 Å². The molecule has 5 heteroatoms. The minimum atomic E-state index is -0.889. The fraction of sp³-hybridized carbons (Fsp3) is 0.214. The number of phenols is 1. The molecule has 100 valence electrons. The molecule has 2 rings (SSSR count). The lowest BCUT2D eigenvalue weighted by Gasteiger charge is -2.19. The molecule has 0 amide bonds. The summed E-state index contributed by atoms with van der Waals surface area (Å²) in [5.41, 5.74) is 1.88. The second kappa shape index (κ2) is 5.32. The summed E-state index contributed by atoms with van der Waals surface area (Å²) < 4.78 is 0. The second-order valence-corrected chi connectivity index (χ2v) is 5.63. The molecule has 0 radical (unpaired) electrons. The molecule has 0 spiro atoms. The first-order valence-corrected chi connectivity index (χ1v) is 6.62. The molecular formula is C14H15NO3S. The number of hydrogen-bond acceptors (Lipinski definition) is 4. The molecule has 0 aliphatic heterocycles. The number of benzene rings is 1. The van der Waals surface area contributed by atoms with Crippen LogP contribution < -0.4 is 4.90 Å². The monoisotopic (exact) mass is 277 g/mol. The smallest absolute Gasteiger partial charge is 0.345 e. The molecule has 2 aromatic rings. The molecule has 0 unspecified atom stereocenters. The number of aromatic hydroxyl groups is 1. The van der Waals surface area contributed by atoms with Gasteiger partial charge in [-0.1, -0.05) is 6.07 Å². The molecule has 0 atom stereocenters. The lowest BCUT2D eigenvalue weighted by Crippen LogP contribution is -2.16. The normalized spacial score (nSPS) is 10.4. The van der Waals surface area contributed by atoms with Gasteiger partial charge in [-0.25, -0.2) is 4.79 Å². The zero-order valence-corrected chi connectivity index (χ0v) is 11.6. The van der Waals surface area contributed by atoms with Gasteiger partial charge in [0.15, 0.2) is 0 Å². The number of carboxylic acid groups (broad SMARTS) is 1. The van der Waals surface area contributed by atoms with E-state index >= 15 is 0 Å². The Bertz CT molecular complexity index is 606. The van der Waals surface area contributed by atoms with E-state index in [1.807, 2.05) is 24.9 Å². The maximum Gasteiger partial charge on any atom is 0.345 e. The van der Waals surface area contributed by atoms with E-state index < -0.39 is 5.97 Å². The van der Waals surface area contributed by atoms with Crippen molar-refractivity contribution in [3.63, 3.8) is 0 Å². The lowest BCUT2D eigenvalue weighted by molar-refractivity contribution is 0.0702. The van der Waals surface area contributed by atoms with Crippen LogP contribution in [0.1, 0.15) is 20.1 Å². The molecule has 1 heterocycles. The summed E-state index contributed by atoms with van der Waals surface area (Å²) in [6.45, 7) is 2.53. The van der Waals surface area contributed by atoms with Gasteiger partial charge in [0.1, 0.15) is 10.6 Å². The first-order chi connectivity index (χ1) is 8.97. The van der Waals surface area contributed by atoms with Crippen molar-refractivity contribution in [1.29, 1.82) is 0 Å². The third-order valence-corrected chi connectivity index (χ3v) is 3.99. The topological polar surface area (TPSA) is 60.8 Å². The number of rotatable bonds is 4. The molecule has 19 heavy (non-hydrogen) atoms. The third kappa shape index (κ3) is 3.06. The number of aromatic carboxylic acids is 1. The van der Waals surface area contributed by atoms with E-state index in [9.17, 15) is 9.90 Å². The largest absolute Gasteiger partial charge is 0.508 e. The molecule has 2 N–H and O–H groups in total. The first-order valence-electron chi connectivity index (χ1n) is 5.80. The van der Waals surface area contributed by atoms with Gasteiger partial charge in [0.2, 0.25) is 0 Å². The second-order valence-electron chi connectivity index (χ2n) is 4.37. The summed E-state index contributed by atoms with van der Waals surface area (Å²) in [6, 6.07) is 8.70. The Morgan fingerprint density at radius 1 is 1.37 bits per heavy atom. The van der Waals surface area contributed by atoms with Crippen LogP contribution in [-0.2, 0) is 6.54 Å². The molecule has 1 aromatic heterocycles. The van der Waals surface area contributed by atoms with Gasteiger partial charge in [-0.05, 0) is 30.7 Å². The van der Waals surface area contributed by atoms with Crippen molar-refractivity contribution >= 4 is 23.0 Å². The summed E-state index contributed by atoms with van der Waals surface area (Å²) in [5, 5.41) is 18.4. The van der Waals surface area contributed by atoms with Crippen molar-refractivity contribution in [2.75, 3.05) is 11.9 Å². The summed E-state index contributed by atoms with van der Waals surface area (Å²) in [4.78, 5) is 14.3. The van der Waals surface area contributed by atoms with Crippen LogP contribution in [-0.4, -0.2) is 23.2 Å². The minimum Gasteiger partial charge on any atom is -0.508 e. The average molecular weight is 277 g/mol. The zero-order valence-electron chi connectivity index (χ0n) is 10.8. The van der Waals surface area contributed by atoms with E-state index in [1.54, 1.807) is 24.3 Å². The van der Waals surface area contributed by atoms with Crippen LogP contribution in [0.4, 0.5) is 5.69 Å². The van der Waals surface area contributed by atoms with Crippen LogP contribution >= 0.6 is 11.3 Å². The Morgan fingerprint density at radius 3 is 2.68 bits per heavy atom. The summed E-state index contributed by atoms with van der Waals surface area (Å²) in [5.74, 6) is -0.669. The Hall–Kier alpha value is -2.01. The Balaban J connectivity index is 2.19. The van der Waals surface area contributed by atoms with Gasteiger partial charge in [-0.3, -0.25) is 0 Å². The molecule has 0 bridgehead atoms. The predicted octanol–water partition coefficient (Wildman–Crippen LogP) is 3.10. The number of aryl methyl sites for hydroxylation is 1. The van der Waals surface area contributed by atoms with E-state index in [2.05, 4.69) is 0 Å². The fourth-order valence-electron chi connectivity index (χ4n) is 1.86. The van der Waals surface area contributed by atoms with Gasteiger partial charge in [0.05, 0.1) is 0 Å². The van der Waals surface area contributed by atoms with Gasteiger partial charge >= 0.3 is 5.97 Å². The van der Waals surface area contributed by atoms with Crippen molar-refractivity contribution in [3.05, 3.63) is 45.6 Å². The molecule has 0 saturated heterocycles. The minimum absolute atomic E-state index is 0.220. The third-order valence-electron chi connectivity index (χ3n) is 2.91. The van der Waals surface area contributed by atoms with E-state index in [-0.39, 0.29) is 5.75 Å². The average Bonchev–Trinajstić information content (AvgIpc) is 2.71.